The molecule has 0 aliphatic carbocycles. The Kier molecular flexibility index (Phi) is 2.23. The number of hydrogen-bond donors (Lipinski definition) is 1. The molecule has 0 saturated carbocycles. The third kappa shape index (κ3) is 1.74. The highest BCUT2D eigenvalue weighted by atomic mass is 32.1. The van der Waals surface area contributed by atoms with E-state index in [-0.39, 0.29) is 5.41 Å². The van der Waals surface area contributed by atoms with Crippen LogP contribution in [0, 0.1) is 0 Å². The van der Waals surface area contributed by atoms with E-state index in [1.54, 1.807) is 0 Å². The number of anilines is 1. The lowest BCUT2D eigenvalue weighted by Crippen LogP contribution is -2.10. The molecule has 0 atom stereocenters. The molecule has 1 aromatic heterocycles. The summed E-state index contributed by atoms with van der Waals surface area (Å²) in [6.07, 6.45) is 0. The molecule has 0 saturated heterocycles. The van der Waals surface area contributed by atoms with E-state index in [0.717, 1.165) is 0 Å². The molecular formula is C9H15NS. The Morgan fingerprint density at radius 2 is 2.00 bits per heavy atom. The summed E-state index contributed by atoms with van der Waals surface area (Å²) < 4.78 is 0. The van der Waals surface area contributed by atoms with Crippen molar-refractivity contribution in [2.45, 2.75) is 26.2 Å². The predicted octanol–water partition coefficient (Wildman–Crippen LogP) is 3.09. The Morgan fingerprint density at radius 1 is 1.36 bits per heavy atom. The summed E-state index contributed by atoms with van der Waals surface area (Å²) in [6, 6.07) is 2.13. The standard InChI is InChI=1S/C9H15NS/c1-9(2,3)8-7(10-4)5-6-11-8/h5-6,10H,1-4H3. The molecule has 2 heteroatoms. The predicted molar refractivity (Wildman–Crippen MR) is 52.6 cm³/mol. The van der Waals surface area contributed by atoms with Crippen LogP contribution in [0.25, 0.3) is 0 Å². The van der Waals surface area contributed by atoms with Crippen molar-refractivity contribution >= 4 is 17.0 Å². The van der Waals surface area contributed by atoms with Gasteiger partial charge in [0.25, 0.3) is 0 Å². The Labute approximate surface area is 72.4 Å². The van der Waals surface area contributed by atoms with Crippen molar-refractivity contribution in [1.82, 2.24) is 0 Å². The Morgan fingerprint density at radius 3 is 2.36 bits per heavy atom. The summed E-state index contributed by atoms with van der Waals surface area (Å²) in [5.74, 6) is 0. The molecule has 0 fully saturated rings. The van der Waals surface area contributed by atoms with Gasteiger partial charge in [-0.25, -0.2) is 0 Å². The lowest BCUT2D eigenvalue weighted by atomic mass is 9.94. The van der Waals surface area contributed by atoms with Crippen molar-refractivity contribution < 1.29 is 0 Å². The van der Waals surface area contributed by atoms with E-state index in [0.29, 0.717) is 0 Å². The van der Waals surface area contributed by atoms with E-state index < -0.39 is 0 Å². The fourth-order valence-electron chi connectivity index (χ4n) is 1.09. The monoisotopic (exact) mass is 169 g/mol. The summed E-state index contributed by atoms with van der Waals surface area (Å²) in [4.78, 5) is 1.43. The summed E-state index contributed by atoms with van der Waals surface area (Å²) in [5, 5.41) is 5.32. The summed E-state index contributed by atoms with van der Waals surface area (Å²) >= 11 is 1.82. The highest BCUT2D eigenvalue weighted by Crippen LogP contribution is 2.33. The van der Waals surface area contributed by atoms with E-state index in [1.807, 2.05) is 18.4 Å². The minimum absolute atomic E-state index is 0.270. The van der Waals surface area contributed by atoms with Crippen LogP contribution in [0.2, 0.25) is 0 Å². The highest BCUT2D eigenvalue weighted by Gasteiger charge is 2.18. The Hall–Kier alpha value is -0.500. The first-order chi connectivity index (χ1) is 5.05. The molecule has 1 rings (SSSR count). The second-order valence-corrected chi connectivity index (χ2v) is 4.58. The third-order valence-corrected chi connectivity index (χ3v) is 2.96. The summed E-state index contributed by atoms with van der Waals surface area (Å²) in [7, 11) is 1.97. The van der Waals surface area contributed by atoms with Crippen molar-refractivity contribution in [3.05, 3.63) is 16.3 Å². The van der Waals surface area contributed by atoms with Crippen molar-refractivity contribution in [2.75, 3.05) is 12.4 Å². The zero-order valence-corrected chi connectivity index (χ0v) is 8.38. The van der Waals surface area contributed by atoms with Crippen LogP contribution in [0.4, 0.5) is 5.69 Å². The highest BCUT2D eigenvalue weighted by molar-refractivity contribution is 7.10. The number of rotatable bonds is 1. The zero-order valence-electron chi connectivity index (χ0n) is 7.56. The second-order valence-electron chi connectivity index (χ2n) is 3.66. The maximum Gasteiger partial charge on any atom is 0.0484 e. The largest absolute Gasteiger partial charge is 0.387 e. The maximum atomic E-state index is 3.19. The van der Waals surface area contributed by atoms with Gasteiger partial charge in [0, 0.05) is 17.6 Å². The fourth-order valence-corrected chi connectivity index (χ4v) is 2.08. The van der Waals surface area contributed by atoms with Gasteiger partial charge in [-0.3, -0.25) is 0 Å². The van der Waals surface area contributed by atoms with Crippen LogP contribution in [0.1, 0.15) is 25.6 Å². The van der Waals surface area contributed by atoms with E-state index in [9.17, 15) is 0 Å². The SMILES string of the molecule is CNc1ccsc1C(C)(C)C. The first-order valence-corrected chi connectivity index (χ1v) is 4.69. The lowest BCUT2D eigenvalue weighted by molar-refractivity contribution is 0.605. The first kappa shape index (κ1) is 8.60. The topological polar surface area (TPSA) is 12.0 Å². The molecular weight excluding hydrogens is 154 g/mol. The van der Waals surface area contributed by atoms with Crippen LogP contribution in [-0.2, 0) is 5.41 Å². The summed E-state index contributed by atoms with van der Waals surface area (Å²) in [5.41, 5.74) is 1.54. The van der Waals surface area contributed by atoms with E-state index in [2.05, 4.69) is 37.5 Å². The summed E-state index contributed by atoms with van der Waals surface area (Å²) in [6.45, 7) is 6.71. The molecule has 0 bridgehead atoms. The molecule has 62 valence electrons. The molecule has 0 aliphatic heterocycles. The molecule has 11 heavy (non-hydrogen) atoms. The van der Waals surface area contributed by atoms with Gasteiger partial charge in [-0.05, 0) is 16.9 Å². The Bertz CT molecular complexity index is 232. The minimum Gasteiger partial charge on any atom is -0.387 e. The van der Waals surface area contributed by atoms with Crippen molar-refractivity contribution in [1.29, 1.82) is 0 Å². The van der Waals surface area contributed by atoms with Gasteiger partial charge in [-0.1, -0.05) is 20.8 Å². The Balaban J connectivity index is 3.02. The second kappa shape index (κ2) is 2.86. The lowest BCUT2D eigenvalue weighted by Gasteiger charge is -2.18. The molecule has 1 nitrogen and oxygen atoms in total. The molecule has 0 radical (unpaired) electrons. The minimum atomic E-state index is 0.270. The molecule has 1 heterocycles. The normalized spacial score (nSPS) is 11.6. The van der Waals surface area contributed by atoms with Crippen molar-refractivity contribution in [2.24, 2.45) is 0 Å². The fraction of sp³-hybridized carbons (Fsp3) is 0.556. The van der Waals surface area contributed by atoms with Gasteiger partial charge in [0.15, 0.2) is 0 Å². The molecule has 1 aromatic rings. The van der Waals surface area contributed by atoms with Gasteiger partial charge in [-0.2, -0.15) is 0 Å². The van der Waals surface area contributed by atoms with Crippen LogP contribution in [0.5, 0.6) is 0 Å². The van der Waals surface area contributed by atoms with Crippen molar-refractivity contribution in [3.8, 4) is 0 Å². The zero-order chi connectivity index (χ0) is 8.48. The number of hydrogen-bond acceptors (Lipinski definition) is 2. The van der Waals surface area contributed by atoms with E-state index in [1.165, 1.54) is 10.6 Å². The molecule has 0 spiro atoms. The van der Waals surface area contributed by atoms with Gasteiger partial charge in [-0.15, -0.1) is 11.3 Å². The average Bonchev–Trinajstić information content (AvgIpc) is 2.31. The first-order valence-electron chi connectivity index (χ1n) is 3.81. The smallest absolute Gasteiger partial charge is 0.0484 e. The maximum absolute atomic E-state index is 3.19. The quantitative estimate of drug-likeness (QED) is 0.681. The molecule has 0 amide bonds. The van der Waals surface area contributed by atoms with E-state index >= 15 is 0 Å². The number of nitrogens with one attached hydrogen (secondary N) is 1. The average molecular weight is 169 g/mol. The van der Waals surface area contributed by atoms with Crippen LogP contribution in [-0.4, -0.2) is 7.05 Å². The number of thiophene rings is 1. The van der Waals surface area contributed by atoms with Gasteiger partial charge >= 0.3 is 0 Å². The van der Waals surface area contributed by atoms with Crippen LogP contribution < -0.4 is 5.32 Å². The van der Waals surface area contributed by atoms with Gasteiger partial charge in [0.2, 0.25) is 0 Å². The van der Waals surface area contributed by atoms with Gasteiger partial charge in [0.1, 0.15) is 0 Å². The van der Waals surface area contributed by atoms with Gasteiger partial charge in [0.05, 0.1) is 0 Å². The molecule has 0 aromatic carbocycles. The van der Waals surface area contributed by atoms with Crippen LogP contribution in [0.15, 0.2) is 11.4 Å². The third-order valence-electron chi connectivity index (χ3n) is 1.62. The molecule has 0 unspecified atom stereocenters. The van der Waals surface area contributed by atoms with E-state index in [4.69, 9.17) is 0 Å². The van der Waals surface area contributed by atoms with Crippen LogP contribution >= 0.6 is 11.3 Å². The van der Waals surface area contributed by atoms with Crippen molar-refractivity contribution in [3.63, 3.8) is 0 Å². The molecule has 0 aliphatic rings. The van der Waals surface area contributed by atoms with Gasteiger partial charge < -0.3 is 5.32 Å². The van der Waals surface area contributed by atoms with Crippen LogP contribution in [0.3, 0.4) is 0 Å². The molecule has 1 N–H and O–H groups in total.